The lowest BCUT2D eigenvalue weighted by atomic mass is 10.1. The first kappa shape index (κ1) is 8.64. The molecule has 1 aromatic rings. The Balaban J connectivity index is 3.22. The summed E-state index contributed by atoms with van der Waals surface area (Å²) < 4.78 is 25.2. The monoisotopic (exact) mass is 172 g/mol. The Morgan fingerprint density at radius 3 is 2.67 bits per heavy atom. The van der Waals surface area contributed by atoms with E-state index in [1.807, 2.05) is 0 Å². The van der Waals surface area contributed by atoms with E-state index in [0.717, 1.165) is 12.1 Å². The summed E-state index contributed by atoms with van der Waals surface area (Å²) in [5, 5.41) is 8.98. The van der Waals surface area contributed by atoms with Crippen molar-refractivity contribution in [2.45, 2.75) is 6.42 Å². The van der Waals surface area contributed by atoms with Gasteiger partial charge in [-0.25, -0.2) is 8.78 Å². The van der Waals surface area contributed by atoms with Gasteiger partial charge in [0.1, 0.15) is 12.0 Å². The third-order valence-corrected chi connectivity index (χ3v) is 1.46. The molecule has 0 bridgehead atoms. The van der Waals surface area contributed by atoms with Gasteiger partial charge in [-0.15, -0.1) is 0 Å². The second-order valence-electron chi connectivity index (χ2n) is 2.23. The van der Waals surface area contributed by atoms with Crippen LogP contribution in [0.2, 0.25) is 0 Å². The van der Waals surface area contributed by atoms with E-state index in [1.54, 1.807) is 0 Å². The number of phenolic OH excluding ortho intramolecular Hbond substituents is 1. The summed E-state index contributed by atoms with van der Waals surface area (Å²) >= 11 is 0. The first-order valence-corrected chi connectivity index (χ1v) is 3.26. The zero-order valence-electron chi connectivity index (χ0n) is 6.05. The summed E-state index contributed by atoms with van der Waals surface area (Å²) in [4.78, 5) is 9.99. The molecule has 1 N–H and O–H groups in total. The van der Waals surface area contributed by atoms with Crippen LogP contribution in [0.15, 0.2) is 12.1 Å². The Morgan fingerprint density at radius 2 is 2.08 bits per heavy atom. The molecule has 0 fully saturated rings. The molecule has 12 heavy (non-hydrogen) atoms. The molecule has 0 saturated heterocycles. The van der Waals surface area contributed by atoms with Crippen LogP contribution in [-0.2, 0) is 11.2 Å². The van der Waals surface area contributed by atoms with E-state index in [0.29, 0.717) is 6.29 Å². The maximum Gasteiger partial charge on any atom is 0.166 e. The molecule has 4 heteroatoms. The van der Waals surface area contributed by atoms with Gasteiger partial charge in [0.05, 0.1) is 0 Å². The zero-order chi connectivity index (χ0) is 9.14. The minimum atomic E-state index is -1.16. The molecule has 0 heterocycles. The average Bonchev–Trinajstić information content (AvgIpc) is 2.06. The Bertz CT molecular complexity index is 310. The number of hydrogen-bond donors (Lipinski definition) is 1. The molecule has 0 aliphatic heterocycles. The Labute approximate surface area is 67.4 Å². The normalized spacial score (nSPS) is 9.83. The van der Waals surface area contributed by atoms with Crippen LogP contribution in [-0.4, -0.2) is 11.4 Å². The lowest BCUT2D eigenvalue weighted by Crippen LogP contribution is -1.95. The van der Waals surface area contributed by atoms with E-state index in [-0.39, 0.29) is 12.0 Å². The fourth-order valence-corrected chi connectivity index (χ4v) is 0.860. The van der Waals surface area contributed by atoms with Gasteiger partial charge in [-0.3, -0.25) is 0 Å². The van der Waals surface area contributed by atoms with E-state index in [4.69, 9.17) is 5.11 Å². The Morgan fingerprint density at radius 1 is 1.42 bits per heavy atom. The predicted octanol–water partition coefficient (Wildman–Crippen LogP) is 1.41. The molecule has 1 aromatic carbocycles. The lowest BCUT2D eigenvalue weighted by molar-refractivity contribution is -0.107. The van der Waals surface area contributed by atoms with E-state index in [1.165, 1.54) is 0 Å². The first-order chi connectivity index (χ1) is 5.66. The zero-order valence-corrected chi connectivity index (χ0v) is 6.05. The summed E-state index contributed by atoms with van der Waals surface area (Å²) in [6.07, 6.45) is 0.0764. The molecular weight excluding hydrogens is 166 g/mol. The largest absolute Gasteiger partial charge is 0.508 e. The second-order valence-corrected chi connectivity index (χ2v) is 2.23. The number of aldehydes is 1. The molecule has 0 unspecified atom stereocenters. The van der Waals surface area contributed by atoms with Gasteiger partial charge in [-0.2, -0.15) is 0 Å². The molecule has 1 rings (SSSR count). The average molecular weight is 172 g/mol. The van der Waals surface area contributed by atoms with Crippen LogP contribution in [0, 0.1) is 11.6 Å². The summed E-state index contributed by atoms with van der Waals surface area (Å²) in [6.45, 7) is 0. The highest BCUT2D eigenvalue weighted by atomic mass is 19.2. The van der Waals surface area contributed by atoms with Crippen molar-refractivity contribution in [3.63, 3.8) is 0 Å². The fraction of sp³-hybridized carbons (Fsp3) is 0.125. The molecule has 0 aromatic heterocycles. The van der Waals surface area contributed by atoms with Gasteiger partial charge in [0.25, 0.3) is 0 Å². The summed E-state index contributed by atoms with van der Waals surface area (Å²) in [6, 6.07) is 1.82. The molecule has 0 saturated carbocycles. The number of hydrogen-bond acceptors (Lipinski definition) is 2. The molecule has 0 aliphatic rings. The van der Waals surface area contributed by atoms with Gasteiger partial charge in [-0.1, -0.05) is 0 Å². The molecule has 0 radical (unpaired) electrons. The van der Waals surface area contributed by atoms with E-state index < -0.39 is 17.4 Å². The summed E-state index contributed by atoms with van der Waals surface area (Å²) in [5.74, 6) is -2.63. The highest BCUT2D eigenvalue weighted by Crippen LogP contribution is 2.21. The topological polar surface area (TPSA) is 37.3 Å². The van der Waals surface area contributed by atoms with Crippen LogP contribution in [0.1, 0.15) is 5.56 Å². The van der Waals surface area contributed by atoms with Gasteiger partial charge in [0.15, 0.2) is 11.6 Å². The van der Waals surface area contributed by atoms with Crippen molar-refractivity contribution in [1.82, 2.24) is 0 Å². The van der Waals surface area contributed by atoms with Crippen LogP contribution in [0.5, 0.6) is 5.75 Å². The van der Waals surface area contributed by atoms with Crippen molar-refractivity contribution in [3.8, 4) is 5.75 Å². The van der Waals surface area contributed by atoms with E-state index in [2.05, 4.69) is 0 Å². The minimum absolute atomic E-state index is 0.301. The molecule has 64 valence electrons. The SMILES string of the molecule is O=CCc1c(O)ccc(F)c1F. The van der Waals surface area contributed by atoms with Crippen LogP contribution in [0.25, 0.3) is 0 Å². The molecule has 0 spiro atoms. The number of halogens is 2. The van der Waals surface area contributed by atoms with Gasteiger partial charge in [-0.05, 0) is 12.1 Å². The first-order valence-electron chi connectivity index (χ1n) is 3.26. The molecule has 0 atom stereocenters. The summed E-state index contributed by atoms with van der Waals surface area (Å²) in [7, 11) is 0. The highest BCUT2D eigenvalue weighted by molar-refractivity contribution is 5.57. The second kappa shape index (κ2) is 3.30. The van der Waals surface area contributed by atoms with Crippen molar-refractivity contribution < 1.29 is 18.7 Å². The van der Waals surface area contributed by atoms with Crippen molar-refractivity contribution in [3.05, 3.63) is 29.3 Å². The van der Waals surface area contributed by atoms with Gasteiger partial charge >= 0.3 is 0 Å². The van der Waals surface area contributed by atoms with E-state index >= 15 is 0 Å². The van der Waals surface area contributed by atoms with Gasteiger partial charge in [0, 0.05) is 12.0 Å². The van der Waals surface area contributed by atoms with Crippen LogP contribution >= 0.6 is 0 Å². The molecule has 2 nitrogen and oxygen atoms in total. The number of carbonyl (C=O) groups is 1. The third-order valence-electron chi connectivity index (χ3n) is 1.46. The maximum absolute atomic E-state index is 12.8. The van der Waals surface area contributed by atoms with Gasteiger partial charge in [0.2, 0.25) is 0 Å². The smallest absolute Gasteiger partial charge is 0.166 e. The minimum Gasteiger partial charge on any atom is -0.508 e. The number of benzene rings is 1. The van der Waals surface area contributed by atoms with Crippen molar-refractivity contribution in [2.75, 3.05) is 0 Å². The number of rotatable bonds is 2. The molecule has 0 amide bonds. The van der Waals surface area contributed by atoms with Crippen LogP contribution in [0.4, 0.5) is 8.78 Å². The number of carbonyl (C=O) groups excluding carboxylic acids is 1. The lowest BCUT2D eigenvalue weighted by Gasteiger charge is -2.01. The van der Waals surface area contributed by atoms with Crippen molar-refractivity contribution in [2.24, 2.45) is 0 Å². The fourth-order valence-electron chi connectivity index (χ4n) is 0.860. The number of phenols is 1. The van der Waals surface area contributed by atoms with Crippen LogP contribution in [0.3, 0.4) is 0 Å². The van der Waals surface area contributed by atoms with Crippen LogP contribution < -0.4 is 0 Å². The highest BCUT2D eigenvalue weighted by Gasteiger charge is 2.11. The molecular formula is C8H6F2O2. The Hall–Kier alpha value is -1.45. The van der Waals surface area contributed by atoms with E-state index in [9.17, 15) is 13.6 Å². The number of aromatic hydroxyl groups is 1. The van der Waals surface area contributed by atoms with Crippen molar-refractivity contribution in [1.29, 1.82) is 0 Å². The van der Waals surface area contributed by atoms with Gasteiger partial charge < -0.3 is 9.90 Å². The third kappa shape index (κ3) is 1.42. The van der Waals surface area contributed by atoms with Crippen molar-refractivity contribution >= 4 is 6.29 Å². The Kier molecular flexibility index (Phi) is 2.38. The molecule has 0 aliphatic carbocycles. The maximum atomic E-state index is 12.8. The summed E-state index contributed by atoms with van der Waals surface area (Å²) in [5.41, 5.74) is -0.301. The quantitative estimate of drug-likeness (QED) is 0.685. The predicted molar refractivity (Wildman–Crippen MR) is 37.8 cm³/mol. The standard InChI is InChI=1S/C8H6F2O2/c9-6-1-2-7(12)5(3-4-11)8(6)10/h1-2,4,12H,3H2.